The maximum Gasteiger partial charge on any atom is 0.226 e. The quantitative estimate of drug-likeness (QED) is 0.923. The average Bonchev–Trinajstić information content (AvgIpc) is 2.88. The predicted octanol–water partition coefficient (Wildman–Crippen LogP) is 2.87. The minimum atomic E-state index is -0.275. The lowest BCUT2D eigenvalue weighted by atomic mass is 9.87. The Balaban J connectivity index is 1.71. The van der Waals surface area contributed by atoms with Gasteiger partial charge in [-0.25, -0.2) is 4.39 Å². The number of hydrogen-bond donors (Lipinski definition) is 1. The summed E-state index contributed by atoms with van der Waals surface area (Å²) in [6.45, 7) is 4.63. The fourth-order valence-electron chi connectivity index (χ4n) is 3.43. The van der Waals surface area contributed by atoms with Gasteiger partial charge in [0.1, 0.15) is 5.82 Å². The van der Waals surface area contributed by atoms with Crippen molar-refractivity contribution in [2.24, 2.45) is 11.8 Å². The smallest absolute Gasteiger partial charge is 0.226 e. The highest BCUT2D eigenvalue weighted by atomic mass is 35.5. The Morgan fingerprint density at radius 1 is 1.50 bits per heavy atom. The van der Waals surface area contributed by atoms with Gasteiger partial charge in [-0.05, 0) is 50.4 Å². The number of hydrogen-bond acceptors (Lipinski definition) is 2. The van der Waals surface area contributed by atoms with Gasteiger partial charge in [0.05, 0.1) is 0 Å². The van der Waals surface area contributed by atoms with E-state index in [-0.39, 0.29) is 23.7 Å². The van der Waals surface area contributed by atoms with Gasteiger partial charge in [-0.3, -0.25) is 4.79 Å². The van der Waals surface area contributed by atoms with Crippen LogP contribution in [-0.2, 0) is 11.2 Å². The third-order valence-corrected chi connectivity index (χ3v) is 5.43. The van der Waals surface area contributed by atoms with Crippen molar-refractivity contribution in [3.05, 3.63) is 34.6 Å². The van der Waals surface area contributed by atoms with Crippen molar-refractivity contribution in [2.75, 3.05) is 19.6 Å². The molecule has 0 saturated carbocycles. The second-order valence-corrected chi connectivity index (χ2v) is 6.85. The Labute approximate surface area is 135 Å². The summed E-state index contributed by atoms with van der Waals surface area (Å²) in [7, 11) is 0. The summed E-state index contributed by atoms with van der Waals surface area (Å²) in [6.07, 6.45) is 2.41. The summed E-state index contributed by atoms with van der Waals surface area (Å²) in [6, 6.07) is 4.83. The molecule has 1 N–H and O–H groups in total. The zero-order valence-electron chi connectivity index (χ0n) is 12.8. The molecule has 2 aliphatic rings. The normalized spacial score (nSPS) is 23.4. The van der Waals surface area contributed by atoms with Crippen molar-refractivity contribution in [1.82, 2.24) is 10.2 Å². The van der Waals surface area contributed by atoms with E-state index in [1.54, 1.807) is 12.1 Å². The molecule has 5 heteroatoms. The molecule has 0 aliphatic carbocycles. The second kappa shape index (κ2) is 6.55. The number of nitrogens with zero attached hydrogens (tertiary/aromatic N) is 1. The minimum absolute atomic E-state index is 0.0398. The van der Waals surface area contributed by atoms with E-state index in [1.807, 2.05) is 11.8 Å². The van der Waals surface area contributed by atoms with Gasteiger partial charge < -0.3 is 10.2 Å². The molecule has 0 radical (unpaired) electrons. The van der Waals surface area contributed by atoms with Gasteiger partial charge >= 0.3 is 0 Å². The lowest BCUT2D eigenvalue weighted by Gasteiger charge is -2.35. The summed E-state index contributed by atoms with van der Waals surface area (Å²) in [5, 5.41) is 3.67. The molecule has 1 aromatic rings. The maximum atomic E-state index is 14.0. The Morgan fingerprint density at radius 2 is 2.27 bits per heavy atom. The number of likely N-dealkylation sites (tertiary alicyclic amines) is 1. The van der Waals surface area contributed by atoms with Crippen LogP contribution in [0.1, 0.15) is 25.3 Å². The van der Waals surface area contributed by atoms with Crippen LogP contribution in [0.25, 0.3) is 0 Å². The molecule has 0 bridgehead atoms. The molecule has 2 fully saturated rings. The lowest BCUT2D eigenvalue weighted by Crippen LogP contribution is -2.51. The fraction of sp³-hybridized carbons (Fsp3) is 0.588. The van der Waals surface area contributed by atoms with E-state index < -0.39 is 0 Å². The third-order valence-electron chi connectivity index (χ3n) is 5.07. The van der Waals surface area contributed by atoms with Crippen LogP contribution in [0.4, 0.5) is 4.39 Å². The zero-order chi connectivity index (χ0) is 15.7. The number of carbonyl (C=O) groups is 1. The third kappa shape index (κ3) is 2.99. The van der Waals surface area contributed by atoms with Gasteiger partial charge in [0.25, 0.3) is 0 Å². The highest BCUT2D eigenvalue weighted by molar-refractivity contribution is 6.31. The molecule has 1 amide bonds. The van der Waals surface area contributed by atoms with Crippen molar-refractivity contribution in [2.45, 2.75) is 32.2 Å². The van der Waals surface area contributed by atoms with E-state index in [1.165, 1.54) is 6.07 Å². The second-order valence-electron chi connectivity index (χ2n) is 6.44. The van der Waals surface area contributed by atoms with E-state index in [0.717, 1.165) is 32.5 Å². The maximum absolute atomic E-state index is 14.0. The molecule has 0 aromatic heterocycles. The van der Waals surface area contributed by atoms with Crippen molar-refractivity contribution in [3.63, 3.8) is 0 Å². The van der Waals surface area contributed by atoms with E-state index in [0.29, 0.717) is 22.9 Å². The Bertz CT molecular complexity index is 541. The van der Waals surface area contributed by atoms with Crippen LogP contribution in [-0.4, -0.2) is 36.5 Å². The summed E-state index contributed by atoms with van der Waals surface area (Å²) in [4.78, 5) is 14.7. The molecular formula is C17H22ClFN2O. The first-order chi connectivity index (χ1) is 10.6. The van der Waals surface area contributed by atoms with Crippen molar-refractivity contribution in [1.29, 1.82) is 0 Å². The Kier molecular flexibility index (Phi) is 4.69. The van der Waals surface area contributed by atoms with Crippen LogP contribution in [0.15, 0.2) is 18.2 Å². The topological polar surface area (TPSA) is 32.3 Å². The lowest BCUT2D eigenvalue weighted by molar-refractivity contribution is -0.138. The molecular weight excluding hydrogens is 303 g/mol. The number of rotatable bonds is 4. The summed E-state index contributed by atoms with van der Waals surface area (Å²) in [5.74, 6) is 0.410. The van der Waals surface area contributed by atoms with E-state index in [2.05, 4.69) is 5.32 Å². The molecule has 2 unspecified atom stereocenters. The van der Waals surface area contributed by atoms with E-state index in [9.17, 15) is 9.18 Å². The van der Waals surface area contributed by atoms with E-state index >= 15 is 0 Å². The predicted molar refractivity (Wildman–Crippen MR) is 85.4 cm³/mol. The zero-order valence-corrected chi connectivity index (χ0v) is 13.6. The van der Waals surface area contributed by atoms with Crippen molar-refractivity contribution in [3.8, 4) is 0 Å². The molecule has 2 aliphatic heterocycles. The van der Waals surface area contributed by atoms with E-state index in [4.69, 9.17) is 11.6 Å². The van der Waals surface area contributed by atoms with Crippen molar-refractivity contribution < 1.29 is 9.18 Å². The number of carbonyl (C=O) groups excluding carboxylic acids is 1. The summed E-state index contributed by atoms with van der Waals surface area (Å²) < 4.78 is 14.0. The number of benzene rings is 1. The van der Waals surface area contributed by atoms with Crippen LogP contribution in [0.5, 0.6) is 0 Å². The first-order valence-electron chi connectivity index (χ1n) is 8.02. The van der Waals surface area contributed by atoms with Crippen LogP contribution < -0.4 is 5.32 Å². The number of halogens is 2. The molecule has 1 aromatic carbocycles. The summed E-state index contributed by atoms with van der Waals surface area (Å²) >= 11 is 6.13. The average molecular weight is 325 g/mol. The first kappa shape index (κ1) is 15.8. The van der Waals surface area contributed by atoms with Gasteiger partial charge in [-0.15, -0.1) is 0 Å². The largest absolute Gasteiger partial charge is 0.339 e. The highest BCUT2D eigenvalue weighted by Gasteiger charge is 2.36. The van der Waals surface area contributed by atoms with Crippen molar-refractivity contribution >= 4 is 17.5 Å². The molecule has 2 saturated heterocycles. The monoisotopic (exact) mass is 324 g/mol. The SMILES string of the molecule is CC(C(=O)N1CCCC1Cc1c(F)cccc1Cl)C1CNC1. The molecule has 22 heavy (non-hydrogen) atoms. The number of nitrogens with one attached hydrogen (secondary N) is 1. The molecule has 120 valence electrons. The number of amides is 1. The molecule has 2 heterocycles. The molecule has 2 atom stereocenters. The van der Waals surface area contributed by atoms with Gasteiger partial charge in [-0.2, -0.15) is 0 Å². The minimum Gasteiger partial charge on any atom is -0.339 e. The summed E-state index contributed by atoms with van der Waals surface area (Å²) in [5.41, 5.74) is 0.534. The standard InChI is InChI=1S/C17H22ClFN2O/c1-11(12-9-20-10-12)17(22)21-7-3-4-13(21)8-14-15(18)5-2-6-16(14)19/h2,5-6,11-13,20H,3-4,7-10H2,1H3. The highest BCUT2D eigenvalue weighted by Crippen LogP contribution is 2.29. The molecule has 3 rings (SSSR count). The van der Waals surface area contributed by atoms with Crippen LogP contribution in [0, 0.1) is 17.7 Å². The van der Waals surface area contributed by atoms with Crippen LogP contribution in [0.2, 0.25) is 5.02 Å². The first-order valence-corrected chi connectivity index (χ1v) is 8.40. The Morgan fingerprint density at radius 3 is 2.91 bits per heavy atom. The fourth-order valence-corrected chi connectivity index (χ4v) is 3.67. The van der Waals surface area contributed by atoms with Gasteiger partial charge in [0.15, 0.2) is 0 Å². The van der Waals surface area contributed by atoms with Gasteiger partial charge in [0, 0.05) is 29.1 Å². The van der Waals surface area contributed by atoms with Gasteiger partial charge in [0.2, 0.25) is 5.91 Å². The Hall–Kier alpha value is -1.13. The van der Waals surface area contributed by atoms with Crippen LogP contribution >= 0.6 is 11.6 Å². The van der Waals surface area contributed by atoms with Crippen LogP contribution in [0.3, 0.4) is 0 Å². The van der Waals surface area contributed by atoms with Gasteiger partial charge in [-0.1, -0.05) is 24.6 Å². The molecule has 0 spiro atoms. The molecule has 3 nitrogen and oxygen atoms in total.